The molecule has 0 bridgehead atoms. The highest BCUT2D eigenvalue weighted by atomic mass is 32.2. The molecular weight excluding hydrogens is 364 g/mol. The molecule has 7 nitrogen and oxygen atoms in total. The number of sulfonamides is 1. The van der Waals surface area contributed by atoms with E-state index in [4.69, 9.17) is 5.14 Å². The highest BCUT2D eigenvalue weighted by molar-refractivity contribution is 7.88. The second-order valence-electron chi connectivity index (χ2n) is 6.30. The van der Waals surface area contributed by atoms with Crippen molar-refractivity contribution < 1.29 is 13.2 Å². The van der Waals surface area contributed by atoms with Crippen molar-refractivity contribution in [2.75, 3.05) is 5.32 Å². The van der Waals surface area contributed by atoms with Gasteiger partial charge in [-0.3, -0.25) is 4.79 Å². The van der Waals surface area contributed by atoms with E-state index in [0.717, 1.165) is 11.3 Å². The predicted molar refractivity (Wildman–Crippen MR) is 104 cm³/mol. The lowest BCUT2D eigenvalue weighted by atomic mass is 10.2. The maximum atomic E-state index is 12.7. The van der Waals surface area contributed by atoms with E-state index >= 15 is 0 Å². The largest absolute Gasteiger partial charge is 0.322 e. The van der Waals surface area contributed by atoms with Crippen molar-refractivity contribution in [3.8, 4) is 5.69 Å². The number of amides is 1. The van der Waals surface area contributed by atoms with E-state index in [1.807, 2.05) is 38.1 Å². The standard InChI is InChI=1S/C19H20N4O3S/c1-13-6-3-4-9-18(13)23-14(2)17(11-21-23)19(24)22-16-8-5-7-15(10-16)12-27(20,25)26/h3-11H,12H2,1-2H3,(H,22,24)(H2,20,25,26). The van der Waals surface area contributed by atoms with Gasteiger partial charge in [-0.2, -0.15) is 5.10 Å². The van der Waals surface area contributed by atoms with Gasteiger partial charge in [0.05, 0.1) is 28.9 Å². The van der Waals surface area contributed by atoms with Gasteiger partial charge < -0.3 is 5.32 Å². The highest BCUT2D eigenvalue weighted by Gasteiger charge is 2.16. The third-order valence-electron chi connectivity index (χ3n) is 4.15. The van der Waals surface area contributed by atoms with Crippen molar-refractivity contribution in [3.05, 3.63) is 77.1 Å². The van der Waals surface area contributed by atoms with Crippen molar-refractivity contribution >= 4 is 21.6 Å². The Morgan fingerprint density at radius 3 is 2.59 bits per heavy atom. The van der Waals surface area contributed by atoms with E-state index in [2.05, 4.69) is 10.4 Å². The Kier molecular flexibility index (Phi) is 5.11. The molecular formula is C19H20N4O3S. The van der Waals surface area contributed by atoms with E-state index < -0.39 is 10.0 Å². The Hall–Kier alpha value is -2.97. The first kappa shape index (κ1) is 18.8. The van der Waals surface area contributed by atoms with Crippen LogP contribution in [0.1, 0.15) is 27.2 Å². The molecule has 3 N–H and O–H groups in total. The van der Waals surface area contributed by atoms with Crippen molar-refractivity contribution in [2.45, 2.75) is 19.6 Å². The first-order chi connectivity index (χ1) is 12.7. The van der Waals surface area contributed by atoms with Gasteiger partial charge in [0.15, 0.2) is 0 Å². The molecule has 0 radical (unpaired) electrons. The molecule has 0 aliphatic heterocycles. The topological polar surface area (TPSA) is 107 Å². The zero-order valence-electron chi connectivity index (χ0n) is 15.0. The molecule has 3 aromatic rings. The molecule has 140 valence electrons. The third-order valence-corrected chi connectivity index (χ3v) is 4.89. The fourth-order valence-electron chi connectivity index (χ4n) is 2.85. The molecule has 0 unspecified atom stereocenters. The molecule has 0 atom stereocenters. The average molecular weight is 384 g/mol. The lowest BCUT2D eigenvalue weighted by Gasteiger charge is -2.09. The van der Waals surface area contributed by atoms with Crippen LogP contribution in [0.5, 0.6) is 0 Å². The molecule has 3 rings (SSSR count). The Morgan fingerprint density at radius 2 is 1.89 bits per heavy atom. The number of carbonyl (C=O) groups excluding carboxylic acids is 1. The molecule has 1 aromatic heterocycles. The fraction of sp³-hybridized carbons (Fsp3) is 0.158. The molecule has 0 fully saturated rings. The van der Waals surface area contributed by atoms with Crippen LogP contribution in [0.3, 0.4) is 0 Å². The summed E-state index contributed by atoms with van der Waals surface area (Å²) in [6, 6.07) is 14.4. The highest BCUT2D eigenvalue weighted by Crippen LogP contribution is 2.19. The lowest BCUT2D eigenvalue weighted by molar-refractivity contribution is 0.102. The van der Waals surface area contributed by atoms with Gasteiger partial charge in [-0.25, -0.2) is 18.2 Å². The number of rotatable bonds is 5. The minimum atomic E-state index is -3.64. The summed E-state index contributed by atoms with van der Waals surface area (Å²) in [4.78, 5) is 12.7. The molecule has 0 aliphatic rings. The van der Waals surface area contributed by atoms with Crippen LogP contribution in [0.15, 0.2) is 54.7 Å². The van der Waals surface area contributed by atoms with Crippen molar-refractivity contribution in [1.29, 1.82) is 0 Å². The molecule has 0 saturated carbocycles. The van der Waals surface area contributed by atoms with Gasteiger partial charge in [-0.1, -0.05) is 30.3 Å². The molecule has 27 heavy (non-hydrogen) atoms. The van der Waals surface area contributed by atoms with E-state index in [-0.39, 0.29) is 11.7 Å². The maximum Gasteiger partial charge on any atom is 0.259 e. The van der Waals surface area contributed by atoms with Crippen LogP contribution in [-0.2, 0) is 15.8 Å². The summed E-state index contributed by atoms with van der Waals surface area (Å²) in [6.07, 6.45) is 1.52. The monoisotopic (exact) mass is 384 g/mol. The Morgan fingerprint density at radius 1 is 1.15 bits per heavy atom. The quantitative estimate of drug-likeness (QED) is 0.705. The number of aromatic nitrogens is 2. The number of carbonyl (C=O) groups is 1. The van der Waals surface area contributed by atoms with Gasteiger partial charge in [-0.05, 0) is 43.2 Å². The molecule has 0 aliphatic carbocycles. The SMILES string of the molecule is Cc1ccccc1-n1ncc(C(=O)Nc2cccc(CS(N)(=O)=O)c2)c1C. The molecule has 2 aromatic carbocycles. The van der Waals surface area contributed by atoms with E-state index in [0.29, 0.717) is 22.5 Å². The number of nitrogens with one attached hydrogen (secondary N) is 1. The number of anilines is 1. The van der Waals surface area contributed by atoms with Gasteiger partial charge in [0, 0.05) is 5.69 Å². The maximum absolute atomic E-state index is 12.7. The van der Waals surface area contributed by atoms with Crippen molar-refractivity contribution in [2.24, 2.45) is 5.14 Å². The number of nitrogens with two attached hydrogens (primary N) is 1. The van der Waals surface area contributed by atoms with Crippen molar-refractivity contribution in [1.82, 2.24) is 9.78 Å². The Bertz CT molecular complexity index is 1100. The molecule has 8 heteroatoms. The summed E-state index contributed by atoms with van der Waals surface area (Å²) >= 11 is 0. The predicted octanol–water partition coefficient (Wildman–Crippen LogP) is 2.53. The van der Waals surface area contributed by atoms with Gasteiger partial charge >= 0.3 is 0 Å². The summed E-state index contributed by atoms with van der Waals surface area (Å²) in [7, 11) is -3.64. The second-order valence-corrected chi connectivity index (χ2v) is 7.92. The van der Waals surface area contributed by atoms with Crippen LogP contribution in [0.25, 0.3) is 5.69 Å². The minimum Gasteiger partial charge on any atom is -0.322 e. The number of primary sulfonamides is 1. The first-order valence-corrected chi connectivity index (χ1v) is 9.97. The van der Waals surface area contributed by atoms with Crippen LogP contribution in [0.2, 0.25) is 0 Å². The zero-order chi connectivity index (χ0) is 19.6. The van der Waals surface area contributed by atoms with Gasteiger partial charge in [0.1, 0.15) is 0 Å². The Labute approximate surface area is 157 Å². The van der Waals surface area contributed by atoms with Gasteiger partial charge in [-0.15, -0.1) is 0 Å². The number of para-hydroxylation sites is 1. The molecule has 1 heterocycles. The summed E-state index contributed by atoms with van der Waals surface area (Å²) in [5.41, 5.74) is 4.10. The minimum absolute atomic E-state index is 0.291. The van der Waals surface area contributed by atoms with E-state index in [1.54, 1.807) is 28.9 Å². The van der Waals surface area contributed by atoms with E-state index in [9.17, 15) is 13.2 Å². The van der Waals surface area contributed by atoms with Crippen LogP contribution in [0, 0.1) is 13.8 Å². The second kappa shape index (κ2) is 7.34. The molecule has 1 amide bonds. The summed E-state index contributed by atoms with van der Waals surface area (Å²) in [6.45, 7) is 3.80. The smallest absolute Gasteiger partial charge is 0.259 e. The number of nitrogens with zero attached hydrogens (tertiary/aromatic N) is 2. The van der Waals surface area contributed by atoms with Crippen LogP contribution in [-0.4, -0.2) is 24.1 Å². The number of aryl methyl sites for hydroxylation is 1. The fourth-order valence-corrected chi connectivity index (χ4v) is 3.49. The number of benzene rings is 2. The molecule has 0 saturated heterocycles. The van der Waals surface area contributed by atoms with Gasteiger partial charge in [0.25, 0.3) is 5.91 Å². The summed E-state index contributed by atoms with van der Waals surface area (Å²) < 4.78 is 24.2. The lowest BCUT2D eigenvalue weighted by Crippen LogP contribution is -2.15. The van der Waals surface area contributed by atoms with Crippen LogP contribution >= 0.6 is 0 Å². The number of hydrogen-bond acceptors (Lipinski definition) is 4. The average Bonchev–Trinajstić information content (AvgIpc) is 2.95. The van der Waals surface area contributed by atoms with Crippen molar-refractivity contribution in [3.63, 3.8) is 0 Å². The third kappa shape index (κ3) is 4.42. The van der Waals surface area contributed by atoms with Gasteiger partial charge in [0.2, 0.25) is 10.0 Å². The normalized spacial score (nSPS) is 11.4. The van der Waals surface area contributed by atoms with Crippen LogP contribution in [0.4, 0.5) is 5.69 Å². The summed E-state index contributed by atoms with van der Waals surface area (Å²) in [5, 5.41) is 12.2. The van der Waals surface area contributed by atoms with Crippen LogP contribution < -0.4 is 10.5 Å². The molecule has 0 spiro atoms. The first-order valence-electron chi connectivity index (χ1n) is 8.26. The zero-order valence-corrected chi connectivity index (χ0v) is 15.8. The Balaban J connectivity index is 1.84. The van der Waals surface area contributed by atoms with E-state index in [1.165, 1.54) is 6.20 Å². The summed E-state index contributed by atoms with van der Waals surface area (Å²) in [5.74, 6) is -0.610. The number of hydrogen-bond donors (Lipinski definition) is 2.